The molecule has 7 nitrogen and oxygen atoms in total. The molecule has 3 N–H and O–H groups in total. The number of amides is 2. The summed E-state index contributed by atoms with van der Waals surface area (Å²) in [6.07, 6.45) is 0. The van der Waals surface area contributed by atoms with Gasteiger partial charge in [0.05, 0.1) is 17.6 Å². The number of rotatable bonds is 5. The van der Waals surface area contributed by atoms with Gasteiger partial charge in [-0.25, -0.2) is 4.79 Å². The van der Waals surface area contributed by atoms with E-state index in [1.807, 2.05) is 18.2 Å². The van der Waals surface area contributed by atoms with Crippen LogP contribution in [0.25, 0.3) is 0 Å². The van der Waals surface area contributed by atoms with Crippen molar-refractivity contribution in [3.8, 4) is 0 Å². The van der Waals surface area contributed by atoms with Gasteiger partial charge in [0, 0.05) is 17.3 Å². The van der Waals surface area contributed by atoms with Crippen molar-refractivity contribution < 1.29 is 14.8 Å². The summed E-state index contributed by atoms with van der Waals surface area (Å²) >= 11 is 0. The second kappa shape index (κ2) is 7.37. The van der Waals surface area contributed by atoms with E-state index in [0.29, 0.717) is 11.3 Å². The fourth-order valence-electron chi connectivity index (χ4n) is 2.18. The molecule has 2 rings (SSSR count). The number of anilines is 1. The summed E-state index contributed by atoms with van der Waals surface area (Å²) in [4.78, 5) is 22.3. The monoisotopic (exact) mass is 315 g/mol. The minimum Gasteiger partial charge on any atom is -0.394 e. The summed E-state index contributed by atoms with van der Waals surface area (Å²) in [6, 6.07) is 12.4. The van der Waals surface area contributed by atoms with Gasteiger partial charge in [0.1, 0.15) is 0 Å². The number of aryl methyl sites for hydroxylation is 1. The average molecular weight is 315 g/mol. The lowest BCUT2D eigenvalue weighted by molar-refractivity contribution is -0.385. The number of hydrogen-bond donors (Lipinski definition) is 3. The summed E-state index contributed by atoms with van der Waals surface area (Å²) in [7, 11) is 0. The van der Waals surface area contributed by atoms with Crippen LogP contribution in [0.5, 0.6) is 0 Å². The lowest BCUT2D eigenvalue weighted by Crippen LogP contribution is -2.34. The highest BCUT2D eigenvalue weighted by molar-refractivity contribution is 5.89. The van der Waals surface area contributed by atoms with Crippen molar-refractivity contribution in [3.63, 3.8) is 0 Å². The zero-order chi connectivity index (χ0) is 16.8. The number of nitro groups is 1. The van der Waals surface area contributed by atoms with Gasteiger partial charge >= 0.3 is 6.03 Å². The summed E-state index contributed by atoms with van der Waals surface area (Å²) in [6.45, 7) is 1.36. The molecule has 0 aromatic heterocycles. The molecule has 0 unspecified atom stereocenters. The highest BCUT2D eigenvalue weighted by Gasteiger charge is 2.15. The summed E-state index contributed by atoms with van der Waals surface area (Å²) in [5.74, 6) is 0. The molecule has 23 heavy (non-hydrogen) atoms. The lowest BCUT2D eigenvalue weighted by atomic mass is 10.1. The largest absolute Gasteiger partial charge is 0.394 e. The SMILES string of the molecule is Cc1cc(NC(=O)N[C@@H](CO)c2ccccc2)ccc1[N+](=O)[O-]. The first-order chi connectivity index (χ1) is 11.0. The Morgan fingerprint density at radius 1 is 1.26 bits per heavy atom. The Morgan fingerprint density at radius 3 is 2.52 bits per heavy atom. The highest BCUT2D eigenvalue weighted by Crippen LogP contribution is 2.21. The van der Waals surface area contributed by atoms with Crippen LogP contribution in [0, 0.1) is 17.0 Å². The van der Waals surface area contributed by atoms with Gasteiger partial charge < -0.3 is 15.7 Å². The Labute approximate surface area is 133 Å². The molecule has 2 aromatic carbocycles. The Balaban J connectivity index is 2.04. The maximum atomic E-state index is 12.0. The van der Waals surface area contributed by atoms with Crippen LogP contribution in [-0.2, 0) is 0 Å². The quantitative estimate of drug-likeness (QED) is 0.583. The van der Waals surface area contributed by atoms with Gasteiger partial charge in [-0.1, -0.05) is 30.3 Å². The van der Waals surface area contributed by atoms with Crippen LogP contribution in [-0.4, -0.2) is 22.7 Å². The number of nitrogens with one attached hydrogen (secondary N) is 2. The molecule has 2 amide bonds. The predicted molar refractivity (Wildman–Crippen MR) is 86.3 cm³/mol. The second-order valence-corrected chi connectivity index (χ2v) is 5.00. The van der Waals surface area contributed by atoms with Crippen molar-refractivity contribution in [2.24, 2.45) is 0 Å². The third-order valence-corrected chi connectivity index (χ3v) is 3.34. The van der Waals surface area contributed by atoms with Crippen molar-refractivity contribution >= 4 is 17.4 Å². The zero-order valence-electron chi connectivity index (χ0n) is 12.5. The average Bonchev–Trinajstić information content (AvgIpc) is 2.53. The fraction of sp³-hybridized carbons (Fsp3) is 0.188. The summed E-state index contributed by atoms with van der Waals surface area (Å²) in [5.41, 5.74) is 1.67. The number of nitro benzene ring substituents is 1. The molecule has 0 fully saturated rings. The van der Waals surface area contributed by atoms with Crippen molar-refractivity contribution in [2.45, 2.75) is 13.0 Å². The minimum atomic E-state index is -0.532. The number of carbonyl (C=O) groups is 1. The first-order valence-corrected chi connectivity index (χ1v) is 6.99. The minimum absolute atomic E-state index is 0.00604. The van der Waals surface area contributed by atoms with E-state index >= 15 is 0 Å². The smallest absolute Gasteiger partial charge is 0.319 e. The third kappa shape index (κ3) is 4.27. The predicted octanol–water partition coefficient (Wildman–Crippen LogP) is 2.76. The van der Waals surface area contributed by atoms with Crippen molar-refractivity contribution in [2.75, 3.05) is 11.9 Å². The molecule has 0 spiro atoms. The van der Waals surface area contributed by atoms with Crippen LogP contribution >= 0.6 is 0 Å². The first kappa shape index (κ1) is 16.4. The van der Waals surface area contributed by atoms with E-state index in [0.717, 1.165) is 5.56 Å². The first-order valence-electron chi connectivity index (χ1n) is 6.99. The standard InChI is InChI=1S/C16H17N3O4/c1-11-9-13(7-8-15(11)19(22)23)17-16(21)18-14(10-20)12-5-3-2-4-6-12/h2-9,14,20H,10H2,1H3,(H2,17,18,21)/t14-/m0/s1. The molecule has 0 saturated heterocycles. The van der Waals surface area contributed by atoms with E-state index < -0.39 is 17.0 Å². The molecular formula is C16H17N3O4. The molecule has 0 aliphatic heterocycles. The topological polar surface area (TPSA) is 104 Å². The molecule has 2 aromatic rings. The maximum Gasteiger partial charge on any atom is 0.319 e. The molecule has 1 atom stereocenters. The Hall–Kier alpha value is -2.93. The van der Waals surface area contributed by atoms with Gasteiger partial charge in [0.2, 0.25) is 0 Å². The number of hydrogen-bond acceptors (Lipinski definition) is 4. The normalized spacial score (nSPS) is 11.6. The number of carbonyl (C=O) groups excluding carboxylic acids is 1. The third-order valence-electron chi connectivity index (χ3n) is 3.34. The Kier molecular flexibility index (Phi) is 5.27. The van der Waals surface area contributed by atoms with Gasteiger partial charge in [-0.15, -0.1) is 0 Å². The highest BCUT2D eigenvalue weighted by atomic mass is 16.6. The molecule has 7 heteroatoms. The van der Waals surface area contributed by atoms with E-state index in [-0.39, 0.29) is 12.3 Å². The molecule has 0 heterocycles. The van der Waals surface area contributed by atoms with Gasteiger partial charge in [0.25, 0.3) is 5.69 Å². The number of urea groups is 1. The van der Waals surface area contributed by atoms with Crippen LogP contribution in [0.15, 0.2) is 48.5 Å². The van der Waals surface area contributed by atoms with E-state index in [1.54, 1.807) is 19.1 Å². The zero-order valence-corrected chi connectivity index (χ0v) is 12.5. The molecule has 0 saturated carbocycles. The molecule has 120 valence electrons. The number of aliphatic hydroxyl groups is 1. The van der Waals surface area contributed by atoms with Crippen LogP contribution in [0.4, 0.5) is 16.2 Å². The van der Waals surface area contributed by atoms with Gasteiger partial charge in [-0.2, -0.15) is 0 Å². The van der Waals surface area contributed by atoms with Crippen molar-refractivity contribution in [1.82, 2.24) is 5.32 Å². The van der Waals surface area contributed by atoms with E-state index in [1.165, 1.54) is 18.2 Å². The number of benzene rings is 2. The van der Waals surface area contributed by atoms with Crippen LogP contribution < -0.4 is 10.6 Å². The molecule has 0 aliphatic rings. The molecule has 0 aliphatic carbocycles. The van der Waals surface area contributed by atoms with Gasteiger partial charge in [0.15, 0.2) is 0 Å². The summed E-state index contributed by atoms with van der Waals surface area (Å²) in [5, 5.41) is 25.4. The van der Waals surface area contributed by atoms with Gasteiger partial charge in [-0.05, 0) is 24.6 Å². The van der Waals surface area contributed by atoms with Crippen LogP contribution in [0.1, 0.15) is 17.2 Å². The summed E-state index contributed by atoms with van der Waals surface area (Å²) < 4.78 is 0. The van der Waals surface area contributed by atoms with E-state index in [9.17, 15) is 20.0 Å². The van der Waals surface area contributed by atoms with E-state index in [2.05, 4.69) is 10.6 Å². The van der Waals surface area contributed by atoms with Crippen molar-refractivity contribution in [3.05, 3.63) is 69.8 Å². The molecule has 0 bridgehead atoms. The van der Waals surface area contributed by atoms with Crippen LogP contribution in [0.3, 0.4) is 0 Å². The molecular weight excluding hydrogens is 298 g/mol. The lowest BCUT2D eigenvalue weighted by Gasteiger charge is -2.17. The Morgan fingerprint density at radius 2 is 1.96 bits per heavy atom. The molecule has 0 radical (unpaired) electrons. The number of aliphatic hydroxyl groups excluding tert-OH is 1. The number of nitrogens with zero attached hydrogens (tertiary/aromatic N) is 1. The maximum absolute atomic E-state index is 12.0. The second-order valence-electron chi connectivity index (χ2n) is 5.00. The fourth-order valence-corrected chi connectivity index (χ4v) is 2.18. The van der Waals surface area contributed by atoms with Crippen LogP contribution in [0.2, 0.25) is 0 Å². The van der Waals surface area contributed by atoms with Crippen molar-refractivity contribution in [1.29, 1.82) is 0 Å². The Bertz CT molecular complexity index is 704. The van der Waals surface area contributed by atoms with E-state index in [4.69, 9.17) is 0 Å². The van der Waals surface area contributed by atoms with Gasteiger partial charge in [-0.3, -0.25) is 10.1 Å².